The van der Waals surface area contributed by atoms with Crippen molar-refractivity contribution in [1.82, 2.24) is 25.3 Å². The van der Waals surface area contributed by atoms with E-state index >= 15 is 0 Å². The second-order valence-electron chi connectivity index (χ2n) is 6.00. The monoisotopic (exact) mass is 309 g/mol. The molecule has 0 spiro atoms. The first-order valence-corrected chi connectivity index (χ1v) is 8.05. The Balaban J connectivity index is 1.59. The smallest absolute Gasteiger partial charge is 0.315 e. The summed E-state index contributed by atoms with van der Waals surface area (Å²) in [5, 5.41) is 19.7. The second-order valence-corrected chi connectivity index (χ2v) is 6.00. The quantitative estimate of drug-likeness (QED) is 0.682. The van der Waals surface area contributed by atoms with E-state index < -0.39 is 6.10 Å². The van der Waals surface area contributed by atoms with E-state index in [1.807, 2.05) is 19.2 Å². The summed E-state index contributed by atoms with van der Waals surface area (Å²) in [6.07, 6.45) is 6.73. The van der Waals surface area contributed by atoms with E-state index in [1.165, 1.54) is 19.3 Å². The first kappa shape index (κ1) is 16.8. The highest BCUT2D eigenvalue weighted by molar-refractivity contribution is 5.74. The first-order valence-electron chi connectivity index (χ1n) is 8.05. The van der Waals surface area contributed by atoms with Crippen molar-refractivity contribution in [3.63, 3.8) is 0 Å². The Kier molecular flexibility index (Phi) is 6.67. The molecule has 2 rings (SSSR count). The Labute approximate surface area is 131 Å². The number of piperidine rings is 1. The van der Waals surface area contributed by atoms with Gasteiger partial charge in [0.15, 0.2) is 0 Å². The summed E-state index contributed by atoms with van der Waals surface area (Å²) in [7, 11) is 0. The van der Waals surface area contributed by atoms with Crippen molar-refractivity contribution < 1.29 is 9.90 Å². The lowest BCUT2D eigenvalue weighted by Crippen LogP contribution is -2.47. The van der Waals surface area contributed by atoms with Gasteiger partial charge in [0.2, 0.25) is 0 Å². The number of likely N-dealkylation sites (tertiary alicyclic amines) is 1. The Bertz CT molecular complexity index is 431. The number of aromatic nitrogens is 2. The minimum absolute atomic E-state index is 0.0286. The maximum Gasteiger partial charge on any atom is 0.315 e. The number of aliphatic hydroxyl groups excluding tert-OH is 1. The number of nitrogens with one attached hydrogen (secondary N) is 2. The number of urea groups is 1. The molecule has 7 heteroatoms. The number of hydrogen-bond acceptors (Lipinski definition) is 4. The number of amides is 2. The van der Waals surface area contributed by atoms with Crippen molar-refractivity contribution in [2.45, 2.75) is 44.9 Å². The molecule has 124 valence electrons. The third kappa shape index (κ3) is 6.03. The number of hydrogen-bond donors (Lipinski definition) is 3. The van der Waals surface area contributed by atoms with Gasteiger partial charge in [-0.05, 0) is 38.9 Å². The number of β-amino-alcohol motifs (C(OH)–C–C–N with tert-alkyl or cyclic N) is 1. The van der Waals surface area contributed by atoms with E-state index in [1.54, 1.807) is 10.9 Å². The molecule has 1 aliphatic heterocycles. The topological polar surface area (TPSA) is 82.4 Å². The van der Waals surface area contributed by atoms with Gasteiger partial charge in [-0.2, -0.15) is 5.10 Å². The molecule has 3 N–H and O–H groups in total. The highest BCUT2D eigenvalue weighted by Crippen LogP contribution is 2.08. The fourth-order valence-electron chi connectivity index (χ4n) is 2.72. The number of nitrogens with zero attached hydrogens (tertiary/aromatic N) is 3. The van der Waals surface area contributed by atoms with E-state index in [0.29, 0.717) is 13.1 Å². The Morgan fingerprint density at radius 2 is 2.09 bits per heavy atom. The van der Waals surface area contributed by atoms with Gasteiger partial charge in [0.25, 0.3) is 0 Å². The summed E-state index contributed by atoms with van der Waals surface area (Å²) < 4.78 is 1.77. The summed E-state index contributed by atoms with van der Waals surface area (Å²) in [5.41, 5.74) is 0. The zero-order chi connectivity index (χ0) is 15.8. The summed E-state index contributed by atoms with van der Waals surface area (Å²) in [6.45, 7) is 5.54. The maximum atomic E-state index is 11.8. The Hall–Kier alpha value is -1.60. The molecule has 22 heavy (non-hydrogen) atoms. The van der Waals surface area contributed by atoms with E-state index in [4.69, 9.17) is 0 Å². The molecule has 0 radical (unpaired) electrons. The van der Waals surface area contributed by atoms with Crippen LogP contribution >= 0.6 is 0 Å². The summed E-state index contributed by atoms with van der Waals surface area (Å²) in [6, 6.07) is 1.57. The predicted molar refractivity (Wildman–Crippen MR) is 84.5 cm³/mol. The lowest BCUT2D eigenvalue weighted by atomic mass is 10.1. The number of carbonyl (C=O) groups is 1. The van der Waals surface area contributed by atoms with Crippen LogP contribution < -0.4 is 10.6 Å². The highest BCUT2D eigenvalue weighted by Gasteiger charge is 2.15. The van der Waals surface area contributed by atoms with Gasteiger partial charge in [-0.3, -0.25) is 4.68 Å². The van der Waals surface area contributed by atoms with Crippen molar-refractivity contribution in [2.24, 2.45) is 0 Å². The normalized spacial score (nSPS) is 18.6. The zero-order valence-electron chi connectivity index (χ0n) is 13.2. The lowest BCUT2D eigenvalue weighted by molar-refractivity contribution is 0.101. The molecule has 1 aliphatic rings. The molecular weight excluding hydrogens is 282 g/mol. The van der Waals surface area contributed by atoms with Gasteiger partial charge in [0, 0.05) is 31.5 Å². The van der Waals surface area contributed by atoms with Gasteiger partial charge >= 0.3 is 6.03 Å². The third-order valence-corrected chi connectivity index (χ3v) is 3.81. The first-order chi connectivity index (χ1) is 10.6. The molecule has 1 saturated heterocycles. The van der Waals surface area contributed by atoms with Crippen LogP contribution in [0.4, 0.5) is 4.79 Å². The van der Waals surface area contributed by atoms with Crippen LogP contribution in [0.1, 0.15) is 26.2 Å². The SMILES string of the molecule is C[C@H](Cn1cccn1)NC(=O)NC[C@@H](O)CN1CCCCC1. The van der Waals surface area contributed by atoms with Crippen molar-refractivity contribution >= 4 is 6.03 Å². The lowest BCUT2D eigenvalue weighted by Gasteiger charge is -2.28. The van der Waals surface area contributed by atoms with Gasteiger partial charge in [-0.15, -0.1) is 0 Å². The fourth-order valence-corrected chi connectivity index (χ4v) is 2.72. The molecule has 0 bridgehead atoms. The van der Waals surface area contributed by atoms with Crippen LogP contribution in [0.5, 0.6) is 0 Å². The average molecular weight is 309 g/mol. The van der Waals surface area contributed by atoms with Crippen LogP contribution in [-0.4, -0.2) is 64.1 Å². The van der Waals surface area contributed by atoms with Crippen molar-refractivity contribution in [3.05, 3.63) is 18.5 Å². The Morgan fingerprint density at radius 1 is 1.32 bits per heavy atom. The van der Waals surface area contributed by atoms with E-state index in [-0.39, 0.29) is 18.6 Å². The molecule has 2 amide bonds. The summed E-state index contributed by atoms with van der Waals surface area (Å²) >= 11 is 0. The number of rotatable bonds is 7. The van der Waals surface area contributed by atoms with Gasteiger partial charge < -0.3 is 20.6 Å². The number of carbonyl (C=O) groups excluding carboxylic acids is 1. The standard InChI is InChI=1S/C15H27N5O2/c1-13(11-20-9-5-6-17-20)18-15(22)16-10-14(21)12-19-7-3-2-4-8-19/h5-6,9,13-14,21H,2-4,7-8,10-12H2,1H3,(H2,16,18,22)/t13-,14-/m1/s1. The van der Waals surface area contributed by atoms with Crippen LogP contribution in [0, 0.1) is 0 Å². The average Bonchev–Trinajstić information content (AvgIpc) is 2.99. The van der Waals surface area contributed by atoms with E-state index in [2.05, 4.69) is 20.6 Å². The molecule has 1 aromatic rings. The minimum atomic E-state index is -0.523. The van der Waals surface area contributed by atoms with Gasteiger partial charge in [-0.25, -0.2) is 4.79 Å². The van der Waals surface area contributed by atoms with Crippen molar-refractivity contribution in [3.8, 4) is 0 Å². The summed E-state index contributed by atoms with van der Waals surface area (Å²) in [5.74, 6) is 0. The van der Waals surface area contributed by atoms with Crippen LogP contribution in [-0.2, 0) is 6.54 Å². The van der Waals surface area contributed by atoms with Crippen LogP contribution in [0.15, 0.2) is 18.5 Å². The molecule has 2 atom stereocenters. The molecule has 0 aromatic carbocycles. The predicted octanol–water partition coefficient (Wildman–Crippen LogP) is 0.418. The van der Waals surface area contributed by atoms with Crippen LogP contribution in [0.3, 0.4) is 0 Å². The molecule has 0 unspecified atom stereocenters. The summed E-state index contributed by atoms with van der Waals surface area (Å²) in [4.78, 5) is 14.1. The molecule has 1 fully saturated rings. The molecule has 0 saturated carbocycles. The zero-order valence-corrected chi connectivity index (χ0v) is 13.2. The maximum absolute atomic E-state index is 11.8. The largest absolute Gasteiger partial charge is 0.390 e. The minimum Gasteiger partial charge on any atom is -0.390 e. The van der Waals surface area contributed by atoms with Crippen molar-refractivity contribution in [2.75, 3.05) is 26.2 Å². The van der Waals surface area contributed by atoms with Crippen LogP contribution in [0.2, 0.25) is 0 Å². The van der Waals surface area contributed by atoms with Gasteiger partial charge in [0.1, 0.15) is 0 Å². The van der Waals surface area contributed by atoms with E-state index in [9.17, 15) is 9.90 Å². The molecule has 7 nitrogen and oxygen atoms in total. The van der Waals surface area contributed by atoms with Crippen LogP contribution in [0.25, 0.3) is 0 Å². The molecular formula is C15H27N5O2. The number of aliphatic hydroxyl groups is 1. The van der Waals surface area contributed by atoms with Gasteiger partial charge in [-0.1, -0.05) is 6.42 Å². The second kappa shape index (κ2) is 8.75. The molecule has 1 aromatic heterocycles. The Morgan fingerprint density at radius 3 is 2.77 bits per heavy atom. The molecule has 0 aliphatic carbocycles. The third-order valence-electron chi connectivity index (χ3n) is 3.81. The highest BCUT2D eigenvalue weighted by atomic mass is 16.3. The van der Waals surface area contributed by atoms with Crippen molar-refractivity contribution in [1.29, 1.82) is 0 Å². The van der Waals surface area contributed by atoms with Gasteiger partial charge in [0.05, 0.1) is 12.6 Å². The fraction of sp³-hybridized carbons (Fsp3) is 0.733. The molecule has 2 heterocycles. The van der Waals surface area contributed by atoms with E-state index in [0.717, 1.165) is 13.1 Å².